The number of carbonyl (C=O) groups excluding carboxylic acids is 1. The van der Waals surface area contributed by atoms with E-state index in [0.717, 1.165) is 17.9 Å². The van der Waals surface area contributed by atoms with Crippen LogP contribution in [0.25, 0.3) is 0 Å². The van der Waals surface area contributed by atoms with E-state index in [-0.39, 0.29) is 5.91 Å². The molecule has 1 amide bonds. The molecule has 1 heterocycles. The van der Waals surface area contributed by atoms with Gasteiger partial charge < -0.3 is 9.73 Å². The molecule has 4 nitrogen and oxygen atoms in total. The van der Waals surface area contributed by atoms with Gasteiger partial charge in [0.15, 0.2) is 6.39 Å². The maximum Gasteiger partial charge on any atom is 0.220 e. The first-order chi connectivity index (χ1) is 6.24. The number of nitrogens with zero attached hydrogens (tertiary/aromatic N) is 1. The number of hydrogen-bond acceptors (Lipinski definition) is 3. The Morgan fingerprint density at radius 2 is 2.46 bits per heavy atom. The average molecular weight is 182 g/mol. The third-order valence-electron chi connectivity index (χ3n) is 1.77. The van der Waals surface area contributed by atoms with Crippen molar-refractivity contribution in [3.8, 4) is 0 Å². The molecule has 0 atom stereocenters. The standard InChI is InChI=1S/C9H14N2O2/c1-3-4-9(12)10-5-8-7(2)11-6-13-8/h6H,3-5H2,1-2H3,(H,10,12). The third-order valence-corrected chi connectivity index (χ3v) is 1.77. The third kappa shape index (κ3) is 2.89. The molecule has 72 valence electrons. The summed E-state index contributed by atoms with van der Waals surface area (Å²) in [6, 6.07) is 0. The van der Waals surface area contributed by atoms with Crippen LogP contribution >= 0.6 is 0 Å². The van der Waals surface area contributed by atoms with E-state index < -0.39 is 0 Å². The molecule has 13 heavy (non-hydrogen) atoms. The zero-order valence-corrected chi connectivity index (χ0v) is 7.96. The Morgan fingerprint density at radius 3 is 3.00 bits per heavy atom. The summed E-state index contributed by atoms with van der Waals surface area (Å²) in [5.74, 6) is 0.780. The van der Waals surface area contributed by atoms with Gasteiger partial charge in [0.2, 0.25) is 5.91 Å². The number of hydrogen-bond donors (Lipinski definition) is 1. The monoisotopic (exact) mass is 182 g/mol. The number of carbonyl (C=O) groups is 1. The maximum atomic E-state index is 11.1. The largest absolute Gasteiger partial charge is 0.446 e. The topological polar surface area (TPSA) is 55.1 Å². The number of rotatable bonds is 4. The molecular formula is C9H14N2O2. The van der Waals surface area contributed by atoms with Crippen molar-refractivity contribution in [2.24, 2.45) is 0 Å². The van der Waals surface area contributed by atoms with Crippen molar-refractivity contribution in [2.75, 3.05) is 0 Å². The van der Waals surface area contributed by atoms with E-state index in [4.69, 9.17) is 4.42 Å². The normalized spacial score (nSPS) is 10.0. The Bertz CT molecular complexity index is 281. The highest BCUT2D eigenvalue weighted by Gasteiger charge is 2.04. The lowest BCUT2D eigenvalue weighted by atomic mass is 10.3. The summed E-state index contributed by atoms with van der Waals surface area (Å²) in [5.41, 5.74) is 0.830. The van der Waals surface area contributed by atoms with Gasteiger partial charge in [-0.1, -0.05) is 6.92 Å². The fourth-order valence-corrected chi connectivity index (χ4v) is 0.990. The van der Waals surface area contributed by atoms with E-state index in [1.807, 2.05) is 13.8 Å². The van der Waals surface area contributed by atoms with Gasteiger partial charge in [-0.15, -0.1) is 0 Å². The molecule has 0 unspecified atom stereocenters. The molecule has 0 aliphatic rings. The van der Waals surface area contributed by atoms with Gasteiger partial charge >= 0.3 is 0 Å². The highest BCUT2D eigenvalue weighted by atomic mass is 16.3. The first-order valence-electron chi connectivity index (χ1n) is 4.39. The van der Waals surface area contributed by atoms with E-state index in [9.17, 15) is 4.79 Å². The second-order valence-corrected chi connectivity index (χ2v) is 2.89. The van der Waals surface area contributed by atoms with E-state index in [0.29, 0.717) is 13.0 Å². The number of aryl methyl sites for hydroxylation is 1. The van der Waals surface area contributed by atoms with Crippen LogP contribution in [0.2, 0.25) is 0 Å². The van der Waals surface area contributed by atoms with E-state index in [1.165, 1.54) is 6.39 Å². The van der Waals surface area contributed by atoms with Crippen LogP contribution in [0.15, 0.2) is 10.8 Å². The van der Waals surface area contributed by atoms with Crippen LogP contribution in [0.1, 0.15) is 31.2 Å². The zero-order valence-electron chi connectivity index (χ0n) is 7.96. The first kappa shape index (κ1) is 9.77. The summed E-state index contributed by atoms with van der Waals surface area (Å²) in [6.07, 6.45) is 2.81. The molecule has 0 fully saturated rings. The van der Waals surface area contributed by atoms with Crippen LogP contribution in [0.4, 0.5) is 0 Å². The Hall–Kier alpha value is -1.32. The summed E-state index contributed by atoms with van der Waals surface area (Å²) >= 11 is 0. The minimum Gasteiger partial charge on any atom is -0.446 e. The molecule has 0 spiro atoms. The summed E-state index contributed by atoms with van der Waals surface area (Å²) in [7, 11) is 0. The molecule has 0 saturated heterocycles. The van der Waals surface area contributed by atoms with Gasteiger partial charge in [0.05, 0.1) is 12.2 Å². The Kier molecular flexibility index (Phi) is 3.49. The van der Waals surface area contributed by atoms with Crippen LogP contribution in [0.3, 0.4) is 0 Å². The molecule has 0 bridgehead atoms. The van der Waals surface area contributed by atoms with Crippen molar-refractivity contribution in [1.29, 1.82) is 0 Å². The van der Waals surface area contributed by atoms with Crippen LogP contribution in [0.5, 0.6) is 0 Å². The minimum absolute atomic E-state index is 0.0540. The molecule has 0 radical (unpaired) electrons. The smallest absolute Gasteiger partial charge is 0.220 e. The lowest BCUT2D eigenvalue weighted by Gasteiger charge is -2.01. The molecule has 1 rings (SSSR count). The summed E-state index contributed by atoms with van der Waals surface area (Å²) in [4.78, 5) is 15.0. The van der Waals surface area contributed by atoms with Crippen LogP contribution in [-0.2, 0) is 11.3 Å². The second kappa shape index (κ2) is 4.64. The van der Waals surface area contributed by atoms with E-state index >= 15 is 0 Å². The molecule has 1 aromatic heterocycles. The van der Waals surface area contributed by atoms with Gasteiger partial charge in [-0.3, -0.25) is 4.79 Å². The highest BCUT2D eigenvalue weighted by molar-refractivity contribution is 5.75. The van der Waals surface area contributed by atoms with Crippen LogP contribution in [-0.4, -0.2) is 10.9 Å². The van der Waals surface area contributed by atoms with Gasteiger partial charge in [-0.25, -0.2) is 4.98 Å². The van der Waals surface area contributed by atoms with Gasteiger partial charge in [0, 0.05) is 6.42 Å². The fraction of sp³-hybridized carbons (Fsp3) is 0.556. The minimum atomic E-state index is 0.0540. The molecule has 0 saturated carbocycles. The molecule has 0 aromatic carbocycles. The Morgan fingerprint density at radius 1 is 1.69 bits per heavy atom. The lowest BCUT2D eigenvalue weighted by Crippen LogP contribution is -2.22. The van der Waals surface area contributed by atoms with Crippen molar-refractivity contribution in [3.05, 3.63) is 17.8 Å². The summed E-state index contributed by atoms with van der Waals surface area (Å²) in [6.45, 7) is 4.26. The second-order valence-electron chi connectivity index (χ2n) is 2.89. The van der Waals surface area contributed by atoms with Crippen molar-refractivity contribution >= 4 is 5.91 Å². The first-order valence-corrected chi connectivity index (χ1v) is 4.39. The molecule has 1 aromatic rings. The lowest BCUT2D eigenvalue weighted by molar-refractivity contribution is -0.121. The number of nitrogens with one attached hydrogen (secondary N) is 1. The average Bonchev–Trinajstić information content (AvgIpc) is 2.48. The molecular weight excluding hydrogens is 168 g/mol. The summed E-state index contributed by atoms with van der Waals surface area (Å²) < 4.78 is 5.07. The van der Waals surface area contributed by atoms with Crippen molar-refractivity contribution in [2.45, 2.75) is 33.2 Å². The van der Waals surface area contributed by atoms with E-state index in [2.05, 4.69) is 10.3 Å². The van der Waals surface area contributed by atoms with Gasteiger partial charge in [0.1, 0.15) is 5.76 Å². The van der Waals surface area contributed by atoms with E-state index in [1.54, 1.807) is 0 Å². The molecule has 4 heteroatoms. The number of oxazole rings is 1. The summed E-state index contributed by atoms with van der Waals surface area (Å²) in [5, 5.41) is 2.75. The Labute approximate surface area is 77.3 Å². The van der Waals surface area contributed by atoms with Gasteiger partial charge in [0.25, 0.3) is 0 Å². The molecule has 1 N–H and O–H groups in total. The van der Waals surface area contributed by atoms with Gasteiger partial charge in [-0.2, -0.15) is 0 Å². The SMILES string of the molecule is CCCC(=O)NCc1ocnc1C. The predicted molar refractivity (Wildman–Crippen MR) is 48.0 cm³/mol. The highest BCUT2D eigenvalue weighted by Crippen LogP contribution is 2.03. The van der Waals surface area contributed by atoms with Gasteiger partial charge in [-0.05, 0) is 13.3 Å². The zero-order chi connectivity index (χ0) is 9.68. The van der Waals surface area contributed by atoms with Crippen LogP contribution in [0, 0.1) is 6.92 Å². The molecule has 0 aliphatic carbocycles. The van der Waals surface area contributed by atoms with Crippen molar-refractivity contribution in [1.82, 2.24) is 10.3 Å². The Balaban J connectivity index is 2.35. The van der Waals surface area contributed by atoms with Crippen molar-refractivity contribution < 1.29 is 9.21 Å². The maximum absolute atomic E-state index is 11.1. The van der Waals surface area contributed by atoms with Crippen molar-refractivity contribution in [3.63, 3.8) is 0 Å². The number of aromatic nitrogens is 1. The quantitative estimate of drug-likeness (QED) is 0.765. The predicted octanol–water partition coefficient (Wildman–Crippen LogP) is 1.40. The fourth-order valence-electron chi connectivity index (χ4n) is 0.990. The molecule has 0 aliphatic heterocycles. The van der Waals surface area contributed by atoms with Crippen LogP contribution < -0.4 is 5.32 Å². The number of amides is 1.